The van der Waals surface area contributed by atoms with Gasteiger partial charge in [0, 0.05) is 25.4 Å². The van der Waals surface area contributed by atoms with Gasteiger partial charge in [-0.1, -0.05) is 0 Å². The molecule has 0 saturated heterocycles. The van der Waals surface area contributed by atoms with E-state index in [0.717, 1.165) is 12.6 Å². The van der Waals surface area contributed by atoms with Crippen LogP contribution in [-0.4, -0.2) is 41.0 Å². The van der Waals surface area contributed by atoms with E-state index in [1.165, 1.54) is 6.07 Å². The van der Waals surface area contributed by atoms with Crippen molar-refractivity contribution in [2.75, 3.05) is 26.5 Å². The fourth-order valence-electron chi connectivity index (χ4n) is 2.02. The van der Waals surface area contributed by atoms with Gasteiger partial charge in [0.15, 0.2) is 11.6 Å². The maximum atomic E-state index is 14.0. The number of likely N-dealkylation sites (N-methyl/N-ethyl adjacent to an activating group) is 1. The van der Waals surface area contributed by atoms with Crippen molar-refractivity contribution < 1.29 is 8.78 Å². The minimum atomic E-state index is -0.851. The molecule has 0 N–H and O–H groups in total. The molecule has 0 saturated carbocycles. The summed E-state index contributed by atoms with van der Waals surface area (Å²) in [6.45, 7) is 1.27. The Bertz CT molecular complexity index is 581. The van der Waals surface area contributed by atoms with Gasteiger partial charge in [-0.2, -0.15) is 0 Å². The fraction of sp³-hybridized carbons (Fsp3) is 0.462. The molecular formula is C13H16ClF2N3. The van der Waals surface area contributed by atoms with E-state index >= 15 is 0 Å². The second kappa shape index (κ2) is 5.84. The van der Waals surface area contributed by atoms with E-state index in [1.807, 2.05) is 19.0 Å². The van der Waals surface area contributed by atoms with Crippen LogP contribution < -0.4 is 0 Å². The summed E-state index contributed by atoms with van der Waals surface area (Å²) >= 11 is 5.74. The van der Waals surface area contributed by atoms with Gasteiger partial charge in [-0.05, 0) is 26.2 Å². The number of halogens is 3. The van der Waals surface area contributed by atoms with Crippen molar-refractivity contribution in [3.05, 3.63) is 29.6 Å². The molecule has 1 aromatic heterocycles. The van der Waals surface area contributed by atoms with Gasteiger partial charge >= 0.3 is 0 Å². The number of benzene rings is 1. The van der Waals surface area contributed by atoms with Crippen LogP contribution in [0, 0.1) is 11.6 Å². The van der Waals surface area contributed by atoms with E-state index in [1.54, 1.807) is 4.57 Å². The Labute approximate surface area is 115 Å². The normalized spacial score (nSPS) is 11.7. The number of imidazole rings is 1. The van der Waals surface area contributed by atoms with Crippen LogP contribution in [0.2, 0.25) is 0 Å². The number of nitrogens with zero attached hydrogens (tertiary/aromatic N) is 3. The molecule has 0 radical (unpaired) electrons. The van der Waals surface area contributed by atoms with Crippen molar-refractivity contribution in [2.24, 2.45) is 0 Å². The number of aryl methyl sites for hydroxylation is 1. The van der Waals surface area contributed by atoms with Crippen LogP contribution in [-0.2, 0) is 13.0 Å². The molecule has 0 bridgehead atoms. The van der Waals surface area contributed by atoms with Crippen molar-refractivity contribution >= 4 is 22.6 Å². The van der Waals surface area contributed by atoms with Crippen LogP contribution in [0.3, 0.4) is 0 Å². The van der Waals surface area contributed by atoms with Gasteiger partial charge in [0.05, 0.1) is 5.52 Å². The van der Waals surface area contributed by atoms with Gasteiger partial charge in [-0.15, -0.1) is 11.6 Å². The van der Waals surface area contributed by atoms with Crippen molar-refractivity contribution in [3.63, 3.8) is 0 Å². The molecular weight excluding hydrogens is 272 g/mol. The van der Waals surface area contributed by atoms with Crippen LogP contribution in [0.1, 0.15) is 5.82 Å². The molecule has 19 heavy (non-hydrogen) atoms. The molecule has 1 heterocycles. The molecule has 1 aromatic carbocycles. The van der Waals surface area contributed by atoms with Crippen LogP contribution in [0.4, 0.5) is 8.78 Å². The Hall–Kier alpha value is -1.20. The van der Waals surface area contributed by atoms with Gasteiger partial charge < -0.3 is 9.47 Å². The topological polar surface area (TPSA) is 21.1 Å². The highest BCUT2D eigenvalue weighted by atomic mass is 35.5. The molecule has 0 aliphatic carbocycles. The minimum Gasteiger partial charge on any atom is -0.324 e. The summed E-state index contributed by atoms with van der Waals surface area (Å²) < 4.78 is 29.0. The zero-order valence-corrected chi connectivity index (χ0v) is 11.7. The maximum Gasteiger partial charge on any atom is 0.184 e. The third kappa shape index (κ3) is 2.87. The van der Waals surface area contributed by atoms with Gasteiger partial charge in [0.2, 0.25) is 0 Å². The van der Waals surface area contributed by atoms with Crippen molar-refractivity contribution in [1.29, 1.82) is 0 Å². The fourth-order valence-corrected chi connectivity index (χ4v) is 2.19. The first-order chi connectivity index (χ1) is 9.04. The highest BCUT2D eigenvalue weighted by molar-refractivity contribution is 6.17. The Kier molecular flexibility index (Phi) is 4.37. The lowest BCUT2D eigenvalue weighted by molar-refractivity contribution is 0.382. The Morgan fingerprint density at radius 2 is 2.05 bits per heavy atom. The first-order valence-electron chi connectivity index (χ1n) is 6.08. The maximum absolute atomic E-state index is 14.0. The van der Waals surface area contributed by atoms with Gasteiger partial charge in [-0.3, -0.25) is 0 Å². The minimum absolute atomic E-state index is 0.224. The van der Waals surface area contributed by atoms with E-state index in [9.17, 15) is 8.78 Å². The van der Waals surface area contributed by atoms with Crippen molar-refractivity contribution in [3.8, 4) is 0 Å². The lowest BCUT2D eigenvalue weighted by Gasteiger charge is -2.13. The average molecular weight is 288 g/mol. The van der Waals surface area contributed by atoms with Crippen molar-refractivity contribution in [2.45, 2.75) is 13.0 Å². The Morgan fingerprint density at radius 3 is 2.68 bits per heavy atom. The van der Waals surface area contributed by atoms with Gasteiger partial charge in [0.1, 0.15) is 11.3 Å². The number of hydrogen-bond donors (Lipinski definition) is 0. The van der Waals surface area contributed by atoms with E-state index in [4.69, 9.17) is 11.6 Å². The zero-order valence-electron chi connectivity index (χ0n) is 11.0. The summed E-state index contributed by atoms with van der Waals surface area (Å²) in [5.41, 5.74) is 0.694. The molecule has 0 amide bonds. The highest BCUT2D eigenvalue weighted by Crippen LogP contribution is 2.22. The quantitative estimate of drug-likeness (QED) is 0.789. The standard InChI is InChI=1S/C13H16ClF2N3/c1-18(2)7-8-19-11(5-6-14)17-10-4-3-9(15)12(16)13(10)19/h3-4H,5-8H2,1-2H3. The zero-order chi connectivity index (χ0) is 14.0. The second-order valence-electron chi connectivity index (χ2n) is 4.65. The third-order valence-electron chi connectivity index (χ3n) is 2.97. The van der Waals surface area contributed by atoms with E-state index in [2.05, 4.69) is 4.98 Å². The number of fused-ring (bicyclic) bond motifs is 1. The predicted octanol–water partition coefficient (Wildman–Crippen LogP) is 2.66. The average Bonchev–Trinajstić information content (AvgIpc) is 2.70. The SMILES string of the molecule is CN(C)CCn1c(CCCl)nc2ccc(F)c(F)c21. The lowest BCUT2D eigenvalue weighted by Crippen LogP contribution is -2.20. The molecule has 0 aliphatic heterocycles. The summed E-state index contributed by atoms with van der Waals surface area (Å²) in [6, 6.07) is 2.60. The molecule has 0 spiro atoms. The molecule has 2 rings (SSSR count). The Balaban J connectivity index is 2.53. The molecule has 0 aliphatic rings. The smallest absolute Gasteiger partial charge is 0.184 e. The predicted molar refractivity (Wildman–Crippen MR) is 72.6 cm³/mol. The first kappa shape index (κ1) is 14.2. The molecule has 6 heteroatoms. The van der Waals surface area contributed by atoms with Crippen LogP contribution in [0.25, 0.3) is 11.0 Å². The van der Waals surface area contributed by atoms with Crippen LogP contribution in [0.15, 0.2) is 12.1 Å². The number of alkyl halides is 1. The largest absolute Gasteiger partial charge is 0.324 e. The summed E-state index contributed by atoms with van der Waals surface area (Å²) in [4.78, 5) is 6.32. The van der Waals surface area contributed by atoms with E-state index in [-0.39, 0.29) is 5.52 Å². The molecule has 3 nitrogen and oxygen atoms in total. The first-order valence-corrected chi connectivity index (χ1v) is 6.62. The molecule has 2 aromatic rings. The Morgan fingerprint density at radius 1 is 1.32 bits per heavy atom. The van der Waals surface area contributed by atoms with Crippen molar-refractivity contribution in [1.82, 2.24) is 14.5 Å². The number of rotatable bonds is 5. The lowest BCUT2D eigenvalue weighted by atomic mass is 10.3. The summed E-state index contributed by atoms with van der Waals surface area (Å²) in [7, 11) is 3.86. The van der Waals surface area contributed by atoms with Gasteiger partial charge in [0.25, 0.3) is 0 Å². The van der Waals surface area contributed by atoms with Gasteiger partial charge in [-0.25, -0.2) is 13.8 Å². The van der Waals surface area contributed by atoms with E-state index in [0.29, 0.717) is 30.2 Å². The van der Waals surface area contributed by atoms with Crippen LogP contribution >= 0.6 is 11.6 Å². The van der Waals surface area contributed by atoms with Crippen LogP contribution in [0.5, 0.6) is 0 Å². The highest BCUT2D eigenvalue weighted by Gasteiger charge is 2.17. The van der Waals surface area contributed by atoms with E-state index < -0.39 is 11.6 Å². The number of aromatic nitrogens is 2. The molecule has 104 valence electrons. The number of hydrogen-bond acceptors (Lipinski definition) is 2. The monoisotopic (exact) mass is 287 g/mol. The summed E-state index contributed by atoms with van der Waals surface area (Å²) in [5.74, 6) is -0.605. The molecule has 0 fully saturated rings. The molecule has 0 atom stereocenters. The summed E-state index contributed by atoms with van der Waals surface area (Å²) in [5, 5.41) is 0. The second-order valence-corrected chi connectivity index (χ2v) is 5.03. The third-order valence-corrected chi connectivity index (χ3v) is 3.16. The summed E-state index contributed by atoms with van der Waals surface area (Å²) in [6.07, 6.45) is 0.532. The molecule has 0 unspecified atom stereocenters.